The number of benzene rings is 2. The Morgan fingerprint density at radius 1 is 0.452 bits per heavy atom. The molecule has 0 bridgehead atoms. The summed E-state index contributed by atoms with van der Waals surface area (Å²) in [6.07, 6.45) is 11.2. The van der Waals surface area contributed by atoms with E-state index >= 15 is 0 Å². The van der Waals surface area contributed by atoms with Gasteiger partial charge in [-0.1, -0.05) is 42.5 Å². The van der Waals surface area contributed by atoms with Crippen molar-refractivity contribution in [2.24, 2.45) is 0 Å². The van der Waals surface area contributed by atoms with E-state index in [1.807, 2.05) is 36.9 Å². The van der Waals surface area contributed by atoms with E-state index in [2.05, 4.69) is 82.5 Å². The standard InChI is InChI=1S/C28H21N3/c1-20-9-10-23(15-28(20)25-8-4-12-30-17-25)27-14-26(18-31-19-27)22-6-2-5-21(13-22)24-7-3-11-29-16-24/h2-19H,1H3. The van der Waals surface area contributed by atoms with Gasteiger partial charge in [0.05, 0.1) is 0 Å². The quantitative estimate of drug-likeness (QED) is 0.332. The zero-order chi connectivity index (χ0) is 21.0. The third-order valence-electron chi connectivity index (χ3n) is 5.47. The molecule has 0 aliphatic heterocycles. The highest BCUT2D eigenvalue weighted by atomic mass is 14.6. The van der Waals surface area contributed by atoms with Gasteiger partial charge >= 0.3 is 0 Å². The van der Waals surface area contributed by atoms with Gasteiger partial charge in [-0.15, -0.1) is 0 Å². The largest absolute Gasteiger partial charge is 0.264 e. The molecule has 0 aliphatic carbocycles. The van der Waals surface area contributed by atoms with E-state index in [4.69, 9.17) is 0 Å². The number of aryl methyl sites for hydroxylation is 1. The maximum Gasteiger partial charge on any atom is 0.0346 e. The van der Waals surface area contributed by atoms with E-state index in [0.717, 1.165) is 38.9 Å². The van der Waals surface area contributed by atoms with Crippen LogP contribution in [0.15, 0.2) is 110 Å². The maximum atomic E-state index is 4.54. The zero-order valence-electron chi connectivity index (χ0n) is 17.2. The van der Waals surface area contributed by atoms with Crippen LogP contribution >= 0.6 is 0 Å². The Bertz CT molecular complexity index is 1330. The molecule has 148 valence electrons. The molecule has 3 aromatic heterocycles. The number of aromatic nitrogens is 3. The van der Waals surface area contributed by atoms with Crippen molar-refractivity contribution in [3.63, 3.8) is 0 Å². The molecule has 0 amide bonds. The smallest absolute Gasteiger partial charge is 0.0346 e. The average Bonchev–Trinajstić information content (AvgIpc) is 2.86. The first-order valence-electron chi connectivity index (χ1n) is 10.3. The predicted molar refractivity (Wildman–Crippen MR) is 126 cm³/mol. The van der Waals surface area contributed by atoms with Crippen LogP contribution in [0.25, 0.3) is 44.5 Å². The molecule has 0 saturated carbocycles. The third-order valence-corrected chi connectivity index (χ3v) is 5.47. The van der Waals surface area contributed by atoms with Crippen LogP contribution in [0.4, 0.5) is 0 Å². The molecule has 3 nitrogen and oxygen atoms in total. The van der Waals surface area contributed by atoms with Crippen LogP contribution in [-0.4, -0.2) is 15.0 Å². The molecule has 0 N–H and O–H groups in total. The van der Waals surface area contributed by atoms with Gasteiger partial charge in [-0.05, 0) is 65.1 Å². The summed E-state index contributed by atoms with van der Waals surface area (Å²) in [5, 5.41) is 0. The summed E-state index contributed by atoms with van der Waals surface area (Å²) in [7, 11) is 0. The Morgan fingerprint density at radius 2 is 1.00 bits per heavy atom. The second-order valence-electron chi connectivity index (χ2n) is 7.56. The highest BCUT2D eigenvalue weighted by Crippen LogP contribution is 2.32. The van der Waals surface area contributed by atoms with E-state index in [0.29, 0.717) is 0 Å². The number of nitrogens with zero attached hydrogens (tertiary/aromatic N) is 3. The minimum atomic E-state index is 1.09. The Labute approximate surface area is 182 Å². The molecule has 0 spiro atoms. The minimum Gasteiger partial charge on any atom is -0.264 e. The first-order valence-corrected chi connectivity index (χ1v) is 10.3. The van der Waals surface area contributed by atoms with Crippen LogP contribution in [0.1, 0.15) is 5.56 Å². The number of hydrogen-bond donors (Lipinski definition) is 0. The molecule has 5 aromatic rings. The lowest BCUT2D eigenvalue weighted by molar-refractivity contribution is 1.31. The molecule has 0 atom stereocenters. The molecule has 0 fully saturated rings. The van der Waals surface area contributed by atoms with Crippen LogP contribution in [0, 0.1) is 6.92 Å². The summed E-state index contributed by atoms with van der Waals surface area (Å²) in [6.45, 7) is 2.13. The molecule has 31 heavy (non-hydrogen) atoms. The van der Waals surface area contributed by atoms with Crippen molar-refractivity contribution in [2.45, 2.75) is 6.92 Å². The lowest BCUT2D eigenvalue weighted by atomic mass is 9.95. The second kappa shape index (κ2) is 8.33. The zero-order valence-corrected chi connectivity index (χ0v) is 17.2. The number of hydrogen-bond acceptors (Lipinski definition) is 3. The van der Waals surface area contributed by atoms with Gasteiger partial charge in [0.1, 0.15) is 0 Å². The summed E-state index contributed by atoms with van der Waals surface area (Å²) in [5.74, 6) is 0. The van der Waals surface area contributed by atoms with Crippen LogP contribution < -0.4 is 0 Å². The van der Waals surface area contributed by atoms with Crippen LogP contribution in [0.5, 0.6) is 0 Å². The van der Waals surface area contributed by atoms with Crippen molar-refractivity contribution >= 4 is 0 Å². The Kier molecular flexibility index (Phi) is 5.07. The first kappa shape index (κ1) is 18.9. The number of rotatable bonds is 4. The Hall–Kier alpha value is -4.11. The maximum absolute atomic E-state index is 4.54. The molecular weight excluding hydrogens is 378 g/mol. The first-order chi connectivity index (χ1) is 15.3. The molecule has 3 heterocycles. The highest BCUT2D eigenvalue weighted by Gasteiger charge is 2.08. The molecule has 2 aromatic carbocycles. The van der Waals surface area contributed by atoms with E-state index in [9.17, 15) is 0 Å². The van der Waals surface area contributed by atoms with Crippen molar-refractivity contribution in [1.82, 2.24) is 15.0 Å². The fourth-order valence-corrected chi connectivity index (χ4v) is 3.80. The SMILES string of the molecule is Cc1ccc(-c2cncc(-c3cccc(-c4cccnc4)c3)c2)cc1-c1cccnc1. The topological polar surface area (TPSA) is 38.7 Å². The molecule has 0 saturated heterocycles. The lowest BCUT2D eigenvalue weighted by Gasteiger charge is -2.11. The summed E-state index contributed by atoms with van der Waals surface area (Å²) in [6, 6.07) is 25.3. The molecule has 0 aliphatic rings. The monoisotopic (exact) mass is 399 g/mol. The predicted octanol–water partition coefficient (Wildman–Crippen LogP) is 6.85. The normalized spacial score (nSPS) is 10.7. The van der Waals surface area contributed by atoms with Gasteiger partial charge in [-0.3, -0.25) is 15.0 Å². The van der Waals surface area contributed by atoms with Crippen LogP contribution in [0.3, 0.4) is 0 Å². The van der Waals surface area contributed by atoms with E-state index in [1.165, 1.54) is 11.1 Å². The fourth-order valence-electron chi connectivity index (χ4n) is 3.80. The minimum absolute atomic E-state index is 1.09. The number of pyridine rings is 3. The van der Waals surface area contributed by atoms with Crippen molar-refractivity contribution in [3.8, 4) is 44.5 Å². The molecule has 0 radical (unpaired) electrons. The summed E-state index contributed by atoms with van der Waals surface area (Å²) in [4.78, 5) is 13.1. The van der Waals surface area contributed by atoms with E-state index in [1.54, 1.807) is 12.4 Å². The van der Waals surface area contributed by atoms with Gasteiger partial charge in [0.25, 0.3) is 0 Å². The van der Waals surface area contributed by atoms with Gasteiger partial charge in [0.15, 0.2) is 0 Å². The van der Waals surface area contributed by atoms with Crippen molar-refractivity contribution in [2.75, 3.05) is 0 Å². The molecule has 3 heteroatoms. The highest BCUT2D eigenvalue weighted by molar-refractivity contribution is 5.78. The van der Waals surface area contributed by atoms with Crippen molar-refractivity contribution < 1.29 is 0 Å². The van der Waals surface area contributed by atoms with E-state index < -0.39 is 0 Å². The van der Waals surface area contributed by atoms with Gasteiger partial charge < -0.3 is 0 Å². The lowest BCUT2D eigenvalue weighted by Crippen LogP contribution is -1.89. The molecular formula is C28H21N3. The third kappa shape index (κ3) is 3.99. The summed E-state index contributed by atoms with van der Waals surface area (Å²) >= 11 is 0. The second-order valence-corrected chi connectivity index (χ2v) is 7.56. The Morgan fingerprint density at radius 3 is 1.68 bits per heavy atom. The van der Waals surface area contributed by atoms with Crippen molar-refractivity contribution in [1.29, 1.82) is 0 Å². The van der Waals surface area contributed by atoms with Gasteiger partial charge in [0, 0.05) is 59.4 Å². The van der Waals surface area contributed by atoms with Gasteiger partial charge in [-0.25, -0.2) is 0 Å². The van der Waals surface area contributed by atoms with Gasteiger partial charge in [0.2, 0.25) is 0 Å². The average molecular weight is 399 g/mol. The van der Waals surface area contributed by atoms with Gasteiger partial charge in [-0.2, -0.15) is 0 Å². The summed E-state index contributed by atoms with van der Waals surface area (Å²) in [5.41, 5.74) is 10.2. The molecule has 0 unspecified atom stereocenters. The van der Waals surface area contributed by atoms with Crippen LogP contribution in [-0.2, 0) is 0 Å². The Balaban J connectivity index is 1.54. The van der Waals surface area contributed by atoms with Crippen molar-refractivity contribution in [3.05, 3.63) is 116 Å². The van der Waals surface area contributed by atoms with E-state index in [-0.39, 0.29) is 0 Å². The molecule has 5 rings (SSSR count). The summed E-state index contributed by atoms with van der Waals surface area (Å²) < 4.78 is 0. The fraction of sp³-hybridized carbons (Fsp3) is 0.0357. The van der Waals surface area contributed by atoms with Crippen LogP contribution in [0.2, 0.25) is 0 Å².